The Morgan fingerprint density at radius 3 is 0.433 bits per heavy atom. The van der Waals surface area contributed by atoms with Gasteiger partial charge in [0.25, 0.3) is 0 Å². The van der Waals surface area contributed by atoms with Crippen molar-refractivity contribution in [2.75, 3.05) is 0 Å². The molecule has 0 atom stereocenters. The van der Waals surface area contributed by atoms with Crippen LogP contribution in [0.4, 0.5) is 0 Å². The zero-order chi connectivity index (χ0) is 40.7. The van der Waals surface area contributed by atoms with Crippen LogP contribution in [-0.2, 0) is 18.8 Å². The average molecular weight is 925 g/mol. The SMILES string of the molecule is O=[CH][Pd]([PH](c1ccccc1)(c1ccccc1)c1ccccc1)([PH](c1ccccc1)(c1ccccc1)c1ccccc1)[PH](c1ccccc1)(c1ccccc1)c1ccccc1. The van der Waals surface area contributed by atoms with Gasteiger partial charge >= 0.3 is 361 Å². The van der Waals surface area contributed by atoms with E-state index in [1.165, 1.54) is 47.7 Å². The van der Waals surface area contributed by atoms with E-state index in [1.54, 1.807) is 4.76 Å². The van der Waals surface area contributed by atoms with E-state index in [-0.39, 0.29) is 0 Å². The Labute approximate surface area is 358 Å². The third kappa shape index (κ3) is 6.18. The van der Waals surface area contributed by atoms with Crippen LogP contribution in [0, 0.1) is 0 Å². The summed E-state index contributed by atoms with van der Waals surface area (Å²) in [5.41, 5.74) is -11.0. The van der Waals surface area contributed by atoms with E-state index in [0.29, 0.717) is 0 Å². The molecule has 0 saturated heterocycles. The number of benzene rings is 9. The monoisotopic (exact) mass is 924 g/mol. The van der Waals surface area contributed by atoms with Crippen molar-refractivity contribution < 1.29 is 18.8 Å². The number of carbonyl (C=O) groups excluding carboxylic acids is 1. The van der Waals surface area contributed by atoms with Crippen molar-refractivity contribution in [2.24, 2.45) is 0 Å². The number of hydrogen-bond donors (Lipinski definition) is 0. The van der Waals surface area contributed by atoms with Gasteiger partial charge in [0.05, 0.1) is 0 Å². The van der Waals surface area contributed by atoms with Gasteiger partial charge in [-0.15, -0.1) is 0 Å². The Hall–Kier alpha value is -5.40. The minimum atomic E-state index is -4.27. The van der Waals surface area contributed by atoms with Crippen LogP contribution in [0.3, 0.4) is 0 Å². The second-order valence-electron chi connectivity index (χ2n) is 14.7. The molecule has 0 fully saturated rings. The maximum absolute atomic E-state index is 17.1. The molecule has 0 spiro atoms. The van der Waals surface area contributed by atoms with Gasteiger partial charge < -0.3 is 0 Å². The Morgan fingerprint density at radius 1 is 0.217 bits per heavy atom. The molecule has 0 saturated carbocycles. The molecule has 0 heterocycles. The van der Waals surface area contributed by atoms with E-state index in [1.807, 2.05) is 0 Å². The van der Waals surface area contributed by atoms with Gasteiger partial charge in [0.2, 0.25) is 0 Å². The first-order valence-electron chi connectivity index (χ1n) is 20.3. The molecule has 9 aromatic carbocycles. The van der Waals surface area contributed by atoms with Crippen LogP contribution in [-0.4, -0.2) is 4.76 Å². The molecule has 0 aliphatic carbocycles. The van der Waals surface area contributed by atoms with Crippen LogP contribution in [0.1, 0.15) is 0 Å². The minimum absolute atomic E-state index is 1.27. The zero-order valence-corrected chi connectivity index (χ0v) is 37.8. The molecule has 0 amide bonds. The van der Waals surface area contributed by atoms with E-state index >= 15 is 4.79 Å². The summed E-state index contributed by atoms with van der Waals surface area (Å²) in [6.07, 6.45) is 0. The molecule has 9 rings (SSSR count). The summed E-state index contributed by atoms with van der Waals surface area (Å²) in [6.45, 7) is 0. The molecule has 9 aromatic rings. The molecular formula is C55H49OP3Pd. The predicted octanol–water partition coefficient (Wildman–Crippen LogP) is 9.25. The Morgan fingerprint density at radius 2 is 0.333 bits per heavy atom. The fourth-order valence-electron chi connectivity index (χ4n) is 9.41. The first-order chi connectivity index (χ1) is 29.8. The van der Waals surface area contributed by atoms with Gasteiger partial charge in [-0.2, -0.15) is 0 Å². The van der Waals surface area contributed by atoms with Crippen LogP contribution in [0.25, 0.3) is 0 Å². The summed E-state index contributed by atoms with van der Waals surface area (Å²) in [7, 11) is 0. The molecule has 5 heteroatoms. The summed E-state index contributed by atoms with van der Waals surface area (Å²) in [4.78, 5) is 17.1. The van der Waals surface area contributed by atoms with Crippen molar-refractivity contribution in [1.82, 2.24) is 0 Å². The third-order valence-electron chi connectivity index (χ3n) is 11.6. The summed E-state index contributed by atoms with van der Waals surface area (Å²) >= 11 is -4.27. The van der Waals surface area contributed by atoms with Crippen LogP contribution in [0.5, 0.6) is 0 Å². The fraction of sp³-hybridized carbons (Fsp3) is 0. The number of rotatable bonds is 13. The van der Waals surface area contributed by atoms with Crippen molar-refractivity contribution in [1.29, 1.82) is 0 Å². The molecule has 0 bridgehead atoms. The van der Waals surface area contributed by atoms with Crippen LogP contribution in [0.2, 0.25) is 0 Å². The Balaban J connectivity index is 1.74. The fourth-order valence-corrected chi connectivity index (χ4v) is 107. The average Bonchev–Trinajstić information content (AvgIpc) is 3.35. The van der Waals surface area contributed by atoms with Gasteiger partial charge in [0.15, 0.2) is 0 Å². The molecule has 300 valence electrons. The van der Waals surface area contributed by atoms with Gasteiger partial charge in [-0.1, -0.05) is 0 Å². The van der Waals surface area contributed by atoms with Crippen molar-refractivity contribution in [3.05, 3.63) is 273 Å². The maximum atomic E-state index is 17.1. The molecule has 0 N–H and O–H groups in total. The van der Waals surface area contributed by atoms with Gasteiger partial charge in [0, 0.05) is 0 Å². The Bertz CT molecular complexity index is 2150. The second kappa shape index (κ2) is 17.7. The van der Waals surface area contributed by atoms with E-state index < -0.39 is 30.4 Å². The predicted molar refractivity (Wildman–Crippen MR) is 266 cm³/mol. The van der Waals surface area contributed by atoms with Crippen LogP contribution in [0.15, 0.2) is 273 Å². The van der Waals surface area contributed by atoms with E-state index in [4.69, 9.17) is 0 Å². The molecule has 0 aliphatic rings. The Kier molecular flexibility index (Phi) is 11.8. The molecule has 60 heavy (non-hydrogen) atoms. The summed E-state index contributed by atoms with van der Waals surface area (Å²) in [5.74, 6) is 0. The molecule has 0 radical (unpaired) electrons. The standard InChI is InChI=1S/3C18H15P.CHO.Pd/c3*1-4-10-16(11-5-1)19(17-12-6-2-7-13-17)18-14-8-3-9-15-18;1-2;/h3*1-15H;1H;/q;;;;-3/p+3. The molecule has 1 nitrogen and oxygen atoms in total. The molecular weight excluding hydrogens is 876 g/mol. The summed E-state index contributed by atoms with van der Waals surface area (Å²) in [5, 5.41) is 11.4. The van der Waals surface area contributed by atoms with E-state index in [2.05, 4.69) is 273 Å². The van der Waals surface area contributed by atoms with Gasteiger partial charge in [-0.25, -0.2) is 0 Å². The van der Waals surface area contributed by atoms with Crippen molar-refractivity contribution >= 4 is 68.9 Å². The third-order valence-corrected chi connectivity index (χ3v) is 79.5. The number of carbonyl (C=O) groups is 1. The summed E-state index contributed by atoms with van der Waals surface area (Å²) < 4.78 is 1.71. The summed E-state index contributed by atoms with van der Waals surface area (Å²) in [6, 6.07) is 102. The molecule has 0 aliphatic heterocycles. The van der Waals surface area contributed by atoms with Crippen molar-refractivity contribution in [3.63, 3.8) is 0 Å². The quantitative estimate of drug-likeness (QED) is 0.0641. The van der Waals surface area contributed by atoms with Crippen LogP contribution < -0.4 is 47.7 Å². The van der Waals surface area contributed by atoms with Gasteiger partial charge in [-0.05, 0) is 0 Å². The van der Waals surface area contributed by atoms with E-state index in [9.17, 15) is 0 Å². The van der Waals surface area contributed by atoms with Crippen LogP contribution >= 0.6 is 16.4 Å². The molecule has 0 unspecified atom stereocenters. The normalized spacial score (nSPS) is 14.2. The second-order valence-corrected chi connectivity index (χ2v) is 51.4. The van der Waals surface area contributed by atoms with E-state index in [0.717, 1.165) is 0 Å². The number of hydrogen-bond acceptors (Lipinski definition) is 1. The van der Waals surface area contributed by atoms with Gasteiger partial charge in [0.1, 0.15) is 0 Å². The zero-order valence-electron chi connectivity index (χ0n) is 33.3. The van der Waals surface area contributed by atoms with Gasteiger partial charge in [-0.3, -0.25) is 0 Å². The first kappa shape index (κ1) is 40.0. The van der Waals surface area contributed by atoms with Crippen molar-refractivity contribution in [3.8, 4) is 0 Å². The first-order valence-corrected chi connectivity index (χ1v) is 33.7. The topological polar surface area (TPSA) is 17.1 Å². The van der Waals surface area contributed by atoms with Crippen molar-refractivity contribution in [2.45, 2.75) is 0 Å². The molecule has 0 aromatic heterocycles.